The van der Waals surface area contributed by atoms with E-state index >= 15 is 0 Å². The van der Waals surface area contributed by atoms with Gasteiger partial charge in [-0.15, -0.1) is 12.3 Å². The highest BCUT2D eigenvalue weighted by molar-refractivity contribution is 5.02. The zero-order valence-electron chi connectivity index (χ0n) is 6.81. The molecule has 0 aromatic carbocycles. The lowest BCUT2D eigenvalue weighted by atomic mass is 10.3. The van der Waals surface area contributed by atoms with Crippen LogP contribution in [0.1, 0.15) is 13.3 Å². The largest absolute Gasteiger partial charge is 0.316 e. The van der Waals surface area contributed by atoms with E-state index in [1.54, 1.807) is 0 Å². The molecule has 0 amide bonds. The minimum atomic E-state index is 0.692. The molecule has 0 unspecified atom stereocenters. The van der Waals surface area contributed by atoms with Crippen molar-refractivity contribution in [3.8, 4) is 12.3 Å². The molecule has 0 aliphatic heterocycles. The second kappa shape index (κ2) is 4.89. The summed E-state index contributed by atoms with van der Waals surface area (Å²) in [6.45, 7) is 2.01. The summed E-state index contributed by atoms with van der Waals surface area (Å²) in [4.78, 5) is 0. The lowest BCUT2D eigenvalue weighted by Gasteiger charge is -2.17. The molecule has 0 saturated carbocycles. The van der Waals surface area contributed by atoms with Gasteiger partial charge >= 0.3 is 0 Å². The molecule has 10 heavy (non-hydrogen) atoms. The first-order valence-electron chi connectivity index (χ1n) is 3.23. The van der Waals surface area contributed by atoms with E-state index in [1.807, 2.05) is 32.1 Å². The first-order valence-corrected chi connectivity index (χ1v) is 3.23. The zero-order chi connectivity index (χ0) is 7.98. The quantitative estimate of drug-likeness (QED) is 0.462. The van der Waals surface area contributed by atoms with Gasteiger partial charge in [0.05, 0.1) is 0 Å². The van der Waals surface area contributed by atoms with Crippen molar-refractivity contribution in [2.24, 2.45) is 0 Å². The first kappa shape index (κ1) is 9.06. The standard InChI is InChI=1S/C8H14N2/c1-5-6-7-8(2)10(4)9-3/h1,7,9H,6H2,2-4H3/b8-7-. The minimum Gasteiger partial charge on any atom is -0.316 e. The van der Waals surface area contributed by atoms with Crippen LogP contribution in [0.2, 0.25) is 0 Å². The van der Waals surface area contributed by atoms with Crippen molar-refractivity contribution >= 4 is 0 Å². The van der Waals surface area contributed by atoms with Gasteiger partial charge in [-0.1, -0.05) is 6.08 Å². The van der Waals surface area contributed by atoms with Crippen LogP contribution in [0.15, 0.2) is 11.8 Å². The van der Waals surface area contributed by atoms with Crippen molar-refractivity contribution in [1.29, 1.82) is 0 Å². The number of nitrogens with zero attached hydrogens (tertiary/aromatic N) is 1. The van der Waals surface area contributed by atoms with Crippen LogP contribution in [0, 0.1) is 12.3 Å². The van der Waals surface area contributed by atoms with Gasteiger partial charge in [-0.3, -0.25) is 0 Å². The molecule has 0 bridgehead atoms. The summed E-state index contributed by atoms with van der Waals surface area (Å²) < 4.78 is 0. The van der Waals surface area contributed by atoms with Crippen LogP contribution in [0.5, 0.6) is 0 Å². The van der Waals surface area contributed by atoms with E-state index in [-0.39, 0.29) is 0 Å². The molecule has 2 nitrogen and oxygen atoms in total. The summed E-state index contributed by atoms with van der Waals surface area (Å²) in [5.74, 6) is 2.55. The highest BCUT2D eigenvalue weighted by Gasteiger charge is 1.90. The van der Waals surface area contributed by atoms with Crippen LogP contribution in [-0.4, -0.2) is 19.1 Å². The van der Waals surface area contributed by atoms with Crippen molar-refractivity contribution in [2.45, 2.75) is 13.3 Å². The smallest absolute Gasteiger partial charge is 0.0287 e. The monoisotopic (exact) mass is 138 g/mol. The molecule has 0 radical (unpaired) electrons. The molecule has 0 atom stereocenters. The molecule has 2 heteroatoms. The van der Waals surface area contributed by atoms with E-state index in [9.17, 15) is 0 Å². The number of nitrogens with one attached hydrogen (secondary N) is 1. The molecule has 0 aromatic rings. The first-order chi connectivity index (χ1) is 4.72. The van der Waals surface area contributed by atoms with Gasteiger partial charge in [-0.05, 0) is 6.92 Å². The van der Waals surface area contributed by atoms with E-state index < -0.39 is 0 Å². The van der Waals surface area contributed by atoms with Gasteiger partial charge in [0.15, 0.2) is 0 Å². The van der Waals surface area contributed by atoms with Gasteiger partial charge in [-0.25, -0.2) is 5.43 Å². The number of hydrogen-bond acceptors (Lipinski definition) is 2. The molecule has 0 heterocycles. The molecule has 0 aliphatic rings. The molecular weight excluding hydrogens is 124 g/mol. The van der Waals surface area contributed by atoms with Crippen LogP contribution in [0.25, 0.3) is 0 Å². The predicted octanol–water partition coefficient (Wildman–Crippen LogP) is 0.980. The van der Waals surface area contributed by atoms with Crippen LogP contribution in [0.4, 0.5) is 0 Å². The van der Waals surface area contributed by atoms with Crippen molar-refractivity contribution < 1.29 is 0 Å². The second-order valence-corrected chi connectivity index (χ2v) is 2.04. The van der Waals surface area contributed by atoms with Crippen molar-refractivity contribution in [2.75, 3.05) is 14.1 Å². The Morgan fingerprint density at radius 1 is 1.80 bits per heavy atom. The highest BCUT2D eigenvalue weighted by Crippen LogP contribution is 1.96. The molecular formula is C8H14N2. The SMILES string of the molecule is C#CC/C=C(/C)N(C)NC. The molecule has 0 aliphatic carbocycles. The molecule has 0 aromatic heterocycles. The van der Waals surface area contributed by atoms with Gasteiger partial charge < -0.3 is 5.01 Å². The second-order valence-electron chi connectivity index (χ2n) is 2.04. The Morgan fingerprint density at radius 3 is 2.80 bits per heavy atom. The topological polar surface area (TPSA) is 15.3 Å². The van der Waals surface area contributed by atoms with Crippen molar-refractivity contribution in [3.05, 3.63) is 11.8 Å². The van der Waals surface area contributed by atoms with Crippen LogP contribution < -0.4 is 5.43 Å². The Bertz CT molecular complexity index is 153. The van der Waals surface area contributed by atoms with E-state index in [4.69, 9.17) is 6.42 Å². The summed E-state index contributed by atoms with van der Waals surface area (Å²) in [5, 5.41) is 1.91. The fraction of sp³-hybridized carbons (Fsp3) is 0.500. The number of hydrazine groups is 1. The maximum Gasteiger partial charge on any atom is 0.0287 e. The van der Waals surface area contributed by atoms with E-state index in [0.717, 1.165) is 5.70 Å². The summed E-state index contributed by atoms with van der Waals surface area (Å²) in [6.07, 6.45) is 7.77. The van der Waals surface area contributed by atoms with Gasteiger partial charge in [-0.2, -0.15) is 0 Å². The maximum absolute atomic E-state index is 5.08. The zero-order valence-corrected chi connectivity index (χ0v) is 6.81. The molecule has 0 saturated heterocycles. The van der Waals surface area contributed by atoms with Crippen LogP contribution in [0.3, 0.4) is 0 Å². The summed E-state index contributed by atoms with van der Waals surface area (Å²) in [5.41, 5.74) is 4.11. The van der Waals surface area contributed by atoms with Crippen molar-refractivity contribution in [3.63, 3.8) is 0 Å². The molecule has 0 fully saturated rings. The normalized spacial score (nSPS) is 10.8. The predicted molar refractivity (Wildman–Crippen MR) is 44.0 cm³/mol. The van der Waals surface area contributed by atoms with E-state index in [2.05, 4.69) is 11.3 Å². The maximum atomic E-state index is 5.08. The number of hydrogen-bond donors (Lipinski definition) is 1. The summed E-state index contributed by atoms with van der Waals surface area (Å²) in [6, 6.07) is 0. The third-order valence-electron chi connectivity index (χ3n) is 1.38. The highest BCUT2D eigenvalue weighted by atomic mass is 15.5. The molecule has 0 rings (SSSR count). The lowest BCUT2D eigenvalue weighted by molar-refractivity contribution is 0.332. The Kier molecular flexibility index (Phi) is 4.43. The molecule has 1 N–H and O–H groups in total. The van der Waals surface area contributed by atoms with E-state index in [0.29, 0.717) is 6.42 Å². The number of terminal acetylenes is 1. The van der Waals surface area contributed by atoms with Gasteiger partial charge in [0.1, 0.15) is 0 Å². The van der Waals surface area contributed by atoms with E-state index in [1.165, 1.54) is 0 Å². The minimum absolute atomic E-state index is 0.692. The summed E-state index contributed by atoms with van der Waals surface area (Å²) in [7, 11) is 3.82. The van der Waals surface area contributed by atoms with Gasteiger partial charge in [0.2, 0.25) is 0 Å². The average Bonchev–Trinajstić information content (AvgIpc) is 1.98. The number of allylic oxidation sites excluding steroid dienone is 2. The van der Waals surface area contributed by atoms with Crippen molar-refractivity contribution in [1.82, 2.24) is 10.4 Å². The Morgan fingerprint density at radius 2 is 2.40 bits per heavy atom. The van der Waals surface area contributed by atoms with Crippen LogP contribution >= 0.6 is 0 Å². The average molecular weight is 138 g/mol. The molecule has 0 spiro atoms. The lowest BCUT2D eigenvalue weighted by Crippen LogP contribution is -2.28. The Balaban J connectivity index is 3.82. The summed E-state index contributed by atoms with van der Waals surface area (Å²) >= 11 is 0. The molecule has 56 valence electrons. The van der Waals surface area contributed by atoms with Gasteiger partial charge in [0, 0.05) is 26.2 Å². The fourth-order valence-corrected chi connectivity index (χ4v) is 0.520. The van der Waals surface area contributed by atoms with Crippen LogP contribution in [-0.2, 0) is 0 Å². The Hall–Kier alpha value is -0.940. The fourth-order valence-electron chi connectivity index (χ4n) is 0.520. The Labute approximate surface area is 62.9 Å². The third kappa shape index (κ3) is 3.16. The van der Waals surface area contributed by atoms with Gasteiger partial charge in [0.25, 0.3) is 0 Å². The third-order valence-corrected chi connectivity index (χ3v) is 1.38. The number of rotatable bonds is 3.